The van der Waals surface area contributed by atoms with Gasteiger partial charge in [-0.2, -0.15) is 0 Å². The number of benzene rings is 1. The zero-order valence-electron chi connectivity index (χ0n) is 12.0. The molecule has 0 aliphatic rings. The first-order valence-electron chi connectivity index (χ1n) is 6.80. The highest BCUT2D eigenvalue weighted by Crippen LogP contribution is 2.10. The van der Waals surface area contributed by atoms with Crippen LogP contribution in [0.1, 0.15) is 32.3 Å². The number of anilines is 1. The Balaban J connectivity index is 2.39. The summed E-state index contributed by atoms with van der Waals surface area (Å²) in [5, 5.41) is 2.76. The summed E-state index contributed by atoms with van der Waals surface area (Å²) < 4.78 is 5.40. The number of carbonyl (C=O) groups is 1. The van der Waals surface area contributed by atoms with Gasteiger partial charge >= 0.3 is 0 Å². The average molecular weight is 294 g/mol. The van der Waals surface area contributed by atoms with Gasteiger partial charge in [0.15, 0.2) is 0 Å². The summed E-state index contributed by atoms with van der Waals surface area (Å²) >= 11 is 4.90. The van der Waals surface area contributed by atoms with Gasteiger partial charge in [-0.15, -0.1) is 0 Å². The smallest absolute Gasteiger partial charge is 0.250 e. The minimum absolute atomic E-state index is 0.0609. The molecule has 0 aromatic heterocycles. The van der Waals surface area contributed by atoms with Gasteiger partial charge in [-0.3, -0.25) is 4.79 Å². The van der Waals surface area contributed by atoms with E-state index in [4.69, 9.17) is 22.7 Å². The number of nitrogens with two attached hydrogens (primary N) is 1. The van der Waals surface area contributed by atoms with E-state index in [-0.39, 0.29) is 12.5 Å². The van der Waals surface area contributed by atoms with Crippen molar-refractivity contribution in [3.8, 4) is 0 Å². The van der Waals surface area contributed by atoms with E-state index in [1.165, 1.54) is 0 Å². The standard InChI is InChI=1S/C15H22N2O2S/c1-3-5-11(2)9-19-10-14(18)17-13-7-4-6-12(8-13)15(16)20/h4,6-8,11H,3,5,9-10H2,1-2H3,(H2,16,20)(H,17,18). The van der Waals surface area contributed by atoms with E-state index in [9.17, 15) is 4.79 Å². The Morgan fingerprint density at radius 1 is 1.50 bits per heavy atom. The van der Waals surface area contributed by atoms with Gasteiger partial charge in [0.1, 0.15) is 11.6 Å². The lowest BCUT2D eigenvalue weighted by Gasteiger charge is -2.11. The Labute approximate surface area is 125 Å². The van der Waals surface area contributed by atoms with Crippen LogP contribution in [0.15, 0.2) is 24.3 Å². The number of nitrogens with one attached hydrogen (secondary N) is 1. The maximum absolute atomic E-state index is 11.7. The number of carbonyl (C=O) groups excluding carboxylic acids is 1. The van der Waals surface area contributed by atoms with E-state index < -0.39 is 0 Å². The van der Waals surface area contributed by atoms with Crippen LogP contribution in [0, 0.1) is 5.92 Å². The molecule has 20 heavy (non-hydrogen) atoms. The second-order valence-electron chi connectivity index (χ2n) is 4.90. The molecule has 4 nitrogen and oxygen atoms in total. The van der Waals surface area contributed by atoms with Crippen molar-refractivity contribution in [2.24, 2.45) is 11.7 Å². The molecule has 0 aliphatic carbocycles. The molecule has 0 aliphatic heterocycles. The molecule has 0 heterocycles. The van der Waals surface area contributed by atoms with Gasteiger partial charge in [0.05, 0.1) is 0 Å². The van der Waals surface area contributed by atoms with Crippen molar-refractivity contribution in [2.45, 2.75) is 26.7 Å². The van der Waals surface area contributed by atoms with E-state index in [0.717, 1.165) is 18.4 Å². The van der Waals surface area contributed by atoms with Gasteiger partial charge < -0.3 is 15.8 Å². The van der Waals surface area contributed by atoms with E-state index in [1.807, 2.05) is 0 Å². The van der Waals surface area contributed by atoms with Gasteiger partial charge in [-0.1, -0.05) is 44.6 Å². The second kappa shape index (κ2) is 8.66. The third-order valence-corrected chi connectivity index (χ3v) is 3.08. The van der Waals surface area contributed by atoms with Crippen molar-refractivity contribution in [3.05, 3.63) is 29.8 Å². The fourth-order valence-electron chi connectivity index (χ4n) is 1.88. The highest BCUT2D eigenvalue weighted by Gasteiger charge is 2.06. The first-order chi connectivity index (χ1) is 9.52. The van der Waals surface area contributed by atoms with Gasteiger partial charge in [-0.05, 0) is 24.5 Å². The molecule has 1 atom stereocenters. The molecule has 0 radical (unpaired) electrons. The van der Waals surface area contributed by atoms with Crippen LogP contribution in [0.25, 0.3) is 0 Å². The van der Waals surface area contributed by atoms with Gasteiger partial charge in [0, 0.05) is 17.9 Å². The quantitative estimate of drug-likeness (QED) is 0.724. The predicted octanol–water partition coefficient (Wildman–Crippen LogP) is 2.71. The van der Waals surface area contributed by atoms with Crippen LogP contribution < -0.4 is 11.1 Å². The van der Waals surface area contributed by atoms with E-state index in [1.54, 1.807) is 24.3 Å². The molecule has 0 fully saturated rings. The first-order valence-corrected chi connectivity index (χ1v) is 7.21. The third kappa shape index (κ3) is 6.12. The zero-order valence-corrected chi connectivity index (χ0v) is 12.8. The highest BCUT2D eigenvalue weighted by atomic mass is 32.1. The third-order valence-electron chi connectivity index (χ3n) is 2.85. The molecule has 110 valence electrons. The molecule has 1 aromatic rings. The molecule has 1 aromatic carbocycles. The van der Waals surface area contributed by atoms with E-state index >= 15 is 0 Å². The van der Waals surface area contributed by atoms with E-state index in [0.29, 0.717) is 23.2 Å². The number of hydrogen-bond acceptors (Lipinski definition) is 3. The molecule has 5 heteroatoms. The van der Waals surface area contributed by atoms with Crippen molar-refractivity contribution in [1.29, 1.82) is 0 Å². The number of rotatable bonds is 8. The molecule has 3 N–H and O–H groups in total. The molecule has 0 bridgehead atoms. The number of thiocarbonyl (C=S) groups is 1. The maximum Gasteiger partial charge on any atom is 0.250 e. The first kappa shape index (κ1) is 16.6. The van der Waals surface area contributed by atoms with Crippen LogP contribution in [0.3, 0.4) is 0 Å². The summed E-state index contributed by atoms with van der Waals surface area (Å²) in [5.41, 5.74) is 6.95. The summed E-state index contributed by atoms with van der Waals surface area (Å²) in [6.07, 6.45) is 2.24. The molecule has 0 spiro atoms. The molecular weight excluding hydrogens is 272 g/mol. The Morgan fingerprint density at radius 2 is 2.25 bits per heavy atom. The normalized spacial score (nSPS) is 11.9. The van der Waals surface area contributed by atoms with Crippen LogP contribution in [-0.4, -0.2) is 24.1 Å². The second-order valence-corrected chi connectivity index (χ2v) is 5.34. The fourth-order valence-corrected chi connectivity index (χ4v) is 2.00. The minimum atomic E-state index is -0.172. The van der Waals surface area contributed by atoms with Gasteiger partial charge in [0.25, 0.3) is 0 Å². The van der Waals surface area contributed by atoms with Crippen LogP contribution in [0.4, 0.5) is 5.69 Å². The van der Waals surface area contributed by atoms with Crippen molar-refractivity contribution < 1.29 is 9.53 Å². The van der Waals surface area contributed by atoms with Crippen molar-refractivity contribution in [1.82, 2.24) is 0 Å². The molecule has 0 saturated heterocycles. The Kier molecular flexibility index (Phi) is 7.18. The summed E-state index contributed by atoms with van der Waals surface area (Å²) in [4.78, 5) is 12.0. The Hall–Kier alpha value is -1.46. The largest absolute Gasteiger partial charge is 0.389 e. The van der Waals surface area contributed by atoms with Gasteiger partial charge in [0.2, 0.25) is 5.91 Å². The number of hydrogen-bond donors (Lipinski definition) is 2. The summed E-state index contributed by atoms with van der Waals surface area (Å²) in [6.45, 7) is 4.92. The topological polar surface area (TPSA) is 64.3 Å². The lowest BCUT2D eigenvalue weighted by atomic mass is 10.1. The molecule has 0 saturated carbocycles. The fraction of sp³-hybridized carbons (Fsp3) is 0.467. The lowest BCUT2D eigenvalue weighted by Crippen LogP contribution is -2.20. The zero-order chi connectivity index (χ0) is 15.0. The molecular formula is C15H22N2O2S. The molecule has 1 rings (SSSR count). The Bertz CT molecular complexity index is 463. The molecule has 1 amide bonds. The van der Waals surface area contributed by atoms with Crippen molar-refractivity contribution >= 4 is 28.8 Å². The van der Waals surface area contributed by atoms with Gasteiger partial charge in [-0.25, -0.2) is 0 Å². The van der Waals surface area contributed by atoms with E-state index in [2.05, 4.69) is 19.2 Å². The maximum atomic E-state index is 11.7. The summed E-state index contributed by atoms with van der Waals surface area (Å²) in [5.74, 6) is 0.305. The van der Waals surface area contributed by atoms with Crippen LogP contribution in [0.5, 0.6) is 0 Å². The summed E-state index contributed by atoms with van der Waals surface area (Å²) in [6, 6.07) is 7.15. The number of amides is 1. The SMILES string of the molecule is CCCC(C)COCC(=O)Nc1cccc(C(N)=S)c1. The lowest BCUT2D eigenvalue weighted by molar-refractivity contribution is -0.121. The average Bonchev–Trinajstić information content (AvgIpc) is 2.39. The predicted molar refractivity (Wildman–Crippen MR) is 85.9 cm³/mol. The van der Waals surface area contributed by atoms with Crippen molar-refractivity contribution in [3.63, 3.8) is 0 Å². The van der Waals surface area contributed by atoms with Crippen LogP contribution in [0.2, 0.25) is 0 Å². The van der Waals surface area contributed by atoms with Crippen LogP contribution >= 0.6 is 12.2 Å². The van der Waals surface area contributed by atoms with Crippen molar-refractivity contribution in [2.75, 3.05) is 18.5 Å². The number of ether oxygens (including phenoxy) is 1. The highest BCUT2D eigenvalue weighted by molar-refractivity contribution is 7.80. The van der Waals surface area contributed by atoms with Crippen LogP contribution in [-0.2, 0) is 9.53 Å². The summed E-state index contributed by atoms with van der Waals surface area (Å²) in [7, 11) is 0. The Morgan fingerprint density at radius 3 is 2.90 bits per heavy atom. The monoisotopic (exact) mass is 294 g/mol. The minimum Gasteiger partial charge on any atom is -0.389 e. The molecule has 1 unspecified atom stereocenters.